The van der Waals surface area contributed by atoms with Gasteiger partial charge in [-0.3, -0.25) is 25.1 Å². The lowest BCUT2D eigenvalue weighted by Crippen LogP contribution is -2.44. The third kappa shape index (κ3) is 6.18. The number of hydrogen-bond donors (Lipinski definition) is 3. The van der Waals surface area contributed by atoms with Gasteiger partial charge in [-0.25, -0.2) is 0 Å². The molecule has 0 bridgehead atoms. The van der Waals surface area contributed by atoms with Gasteiger partial charge in [0.25, 0.3) is 11.8 Å². The third-order valence-electron chi connectivity index (χ3n) is 5.17. The first-order valence-electron chi connectivity index (χ1n) is 10.9. The number of carbonyl (C=O) groups is 2. The third-order valence-corrected chi connectivity index (χ3v) is 5.43. The van der Waals surface area contributed by atoms with Crippen LogP contribution in [0.5, 0.6) is 5.75 Å². The topological polar surface area (TPSA) is 97.3 Å². The minimum Gasteiger partial charge on any atom is -0.495 e. The fourth-order valence-corrected chi connectivity index (χ4v) is 3.59. The van der Waals surface area contributed by atoms with Crippen molar-refractivity contribution in [1.29, 1.82) is 0 Å². The number of methoxy groups -OCH3 is 1. The smallest absolute Gasteiger partial charge is 0.273 e. The average Bonchev–Trinajstić information content (AvgIpc) is 3.31. The number of hydrazine groups is 1. The lowest BCUT2D eigenvalue weighted by molar-refractivity contribution is -0.120. The zero-order valence-corrected chi connectivity index (χ0v) is 19.8. The molecule has 2 amide bonds. The van der Waals surface area contributed by atoms with E-state index in [1.54, 1.807) is 54.4 Å². The van der Waals surface area contributed by atoms with Gasteiger partial charge in [-0.05, 0) is 29.8 Å². The Labute approximate surface area is 207 Å². The van der Waals surface area contributed by atoms with E-state index in [1.165, 1.54) is 0 Å². The van der Waals surface area contributed by atoms with Gasteiger partial charge in [0.15, 0.2) is 0 Å². The van der Waals surface area contributed by atoms with E-state index in [0.29, 0.717) is 34.3 Å². The Balaban J connectivity index is 1.46. The van der Waals surface area contributed by atoms with E-state index in [1.807, 2.05) is 42.5 Å². The predicted octanol–water partition coefficient (Wildman–Crippen LogP) is 4.13. The van der Waals surface area contributed by atoms with Crippen LogP contribution in [0.3, 0.4) is 0 Å². The second-order valence-electron chi connectivity index (χ2n) is 7.64. The van der Waals surface area contributed by atoms with Crippen molar-refractivity contribution < 1.29 is 14.3 Å². The maximum Gasteiger partial charge on any atom is 0.273 e. The quantitative estimate of drug-likeness (QED) is 0.323. The molecule has 0 aliphatic heterocycles. The number of benzene rings is 3. The molecule has 1 heterocycles. The summed E-state index contributed by atoms with van der Waals surface area (Å²) in [4.78, 5) is 25.3. The number of carbonyl (C=O) groups excluding carboxylic acids is 2. The molecule has 0 spiro atoms. The van der Waals surface area contributed by atoms with E-state index < -0.39 is 11.8 Å². The van der Waals surface area contributed by atoms with Crippen LogP contribution >= 0.6 is 11.6 Å². The van der Waals surface area contributed by atoms with Gasteiger partial charge in [0.05, 0.1) is 31.5 Å². The zero-order valence-electron chi connectivity index (χ0n) is 19.0. The Kier molecular flexibility index (Phi) is 7.64. The van der Waals surface area contributed by atoms with Gasteiger partial charge in [0.1, 0.15) is 11.4 Å². The highest BCUT2D eigenvalue weighted by molar-refractivity contribution is 6.30. The Morgan fingerprint density at radius 1 is 0.943 bits per heavy atom. The normalized spacial score (nSPS) is 10.5. The van der Waals surface area contributed by atoms with Crippen LogP contribution < -0.4 is 20.9 Å². The van der Waals surface area contributed by atoms with Gasteiger partial charge >= 0.3 is 0 Å². The number of rotatable bonds is 8. The van der Waals surface area contributed by atoms with Crippen molar-refractivity contribution in [1.82, 2.24) is 20.6 Å². The molecule has 0 fully saturated rings. The highest BCUT2D eigenvalue weighted by atomic mass is 35.5. The van der Waals surface area contributed by atoms with E-state index in [-0.39, 0.29) is 6.54 Å². The van der Waals surface area contributed by atoms with Crippen LogP contribution in [0, 0.1) is 0 Å². The Bertz CT molecular complexity index is 1310. The number of nitrogens with zero attached hydrogens (tertiary/aromatic N) is 2. The van der Waals surface area contributed by atoms with Gasteiger partial charge < -0.3 is 10.1 Å². The molecule has 4 rings (SSSR count). The molecule has 0 saturated carbocycles. The molecule has 0 unspecified atom stereocenters. The summed E-state index contributed by atoms with van der Waals surface area (Å²) >= 11 is 6.03. The first-order chi connectivity index (χ1) is 17.0. The molecule has 3 aromatic carbocycles. The maximum atomic E-state index is 13.0. The van der Waals surface area contributed by atoms with Crippen LogP contribution in [0.1, 0.15) is 15.9 Å². The van der Waals surface area contributed by atoms with E-state index >= 15 is 0 Å². The lowest BCUT2D eigenvalue weighted by Gasteiger charge is -2.11. The van der Waals surface area contributed by atoms with Crippen molar-refractivity contribution in [2.75, 3.05) is 19.0 Å². The van der Waals surface area contributed by atoms with Crippen molar-refractivity contribution in [2.45, 2.75) is 6.54 Å². The molecule has 0 aliphatic rings. The molecular weight excluding hydrogens is 466 g/mol. The van der Waals surface area contributed by atoms with Crippen molar-refractivity contribution in [3.05, 3.63) is 101 Å². The highest BCUT2D eigenvalue weighted by Crippen LogP contribution is 2.25. The maximum absolute atomic E-state index is 13.0. The van der Waals surface area contributed by atoms with Crippen molar-refractivity contribution in [2.24, 2.45) is 0 Å². The first kappa shape index (κ1) is 23.8. The molecule has 3 N–H and O–H groups in total. The Hall–Kier alpha value is -4.30. The highest BCUT2D eigenvalue weighted by Gasteiger charge is 2.19. The molecular formula is C26H24ClN5O3. The summed E-state index contributed by atoms with van der Waals surface area (Å²) < 4.78 is 6.95. The predicted molar refractivity (Wildman–Crippen MR) is 135 cm³/mol. The number of halogens is 1. The minimum absolute atomic E-state index is 0.0576. The second-order valence-corrected chi connectivity index (χ2v) is 8.07. The number of aromatic nitrogens is 2. The first-order valence-corrected chi connectivity index (χ1v) is 11.2. The number of nitrogens with one attached hydrogen (secondary N) is 3. The largest absolute Gasteiger partial charge is 0.495 e. The minimum atomic E-state index is -0.486. The zero-order chi connectivity index (χ0) is 24.6. The van der Waals surface area contributed by atoms with Crippen LogP contribution in [-0.4, -0.2) is 35.2 Å². The van der Waals surface area contributed by atoms with E-state index in [4.69, 9.17) is 16.3 Å². The molecule has 0 radical (unpaired) electrons. The van der Waals surface area contributed by atoms with E-state index in [0.717, 1.165) is 11.1 Å². The average molecular weight is 490 g/mol. The number of anilines is 1. The molecule has 1 aromatic heterocycles. The number of ether oxygens (including phenoxy) is 1. The van der Waals surface area contributed by atoms with Gasteiger partial charge in [-0.1, -0.05) is 66.2 Å². The summed E-state index contributed by atoms with van der Waals surface area (Å²) in [6, 6.07) is 24.1. The monoisotopic (exact) mass is 489 g/mol. The molecule has 35 heavy (non-hydrogen) atoms. The molecule has 0 aliphatic carbocycles. The second kappa shape index (κ2) is 11.2. The molecule has 0 atom stereocenters. The fraction of sp³-hybridized carbons (Fsp3) is 0.115. The molecule has 9 heteroatoms. The SMILES string of the molecule is COc1ccccc1NCC(=O)NNC(=O)c1cn(Cc2ccccc2)nc1-c1ccc(Cl)cc1. The van der Waals surface area contributed by atoms with Gasteiger partial charge in [0.2, 0.25) is 0 Å². The standard InChI is InChI=1S/C26H24ClN5O3/c1-35-23-10-6-5-9-22(23)28-15-24(33)29-30-26(34)21-17-32(16-18-7-3-2-4-8-18)31-25(21)19-11-13-20(27)14-12-19/h2-14,17,28H,15-16H2,1H3,(H,29,33)(H,30,34). The van der Waals surface area contributed by atoms with Crippen LogP contribution in [0.2, 0.25) is 5.02 Å². The number of para-hydroxylation sites is 2. The van der Waals surface area contributed by atoms with Gasteiger partial charge in [0, 0.05) is 16.8 Å². The van der Waals surface area contributed by atoms with E-state index in [2.05, 4.69) is 21.3 Å². The Morgan fingerprint density at radius 2 is 1.66 bits per heavy atom. The van der Waals surface area contributed by atoms with Crippen molar-refractivity contribution in [3.8, 4) is 17.0 Å². The molecule has 8 nitrogen and oxygen atoms in total. The van der Waals surface area contributed by atoms with Crippen molar-refractivity contribution >= 4 is 29.1 Å². The number of amides is 2. The van der Waals surface area contributed by atoms with Crippen LogP contribution in [0.25, 0.3) is 11.3 Å². The summed E-state index contributed by atoms with van der Waals surface area (Å²) in [5, 5.41) is 8.19. The molecule has 4 aromatic rings. The fourth-order valence-electron chi connectivity index (χ4n) is 3.46. The summed E-state index contributed by atoms with van der Waals surface area (Å²) in [5.74, 6) is -0.295. The van der Waals surface area contributed by atoms with Crippen LogP contribution in [-0.2, 0) is 11.3 Å². The molecule has 0 saturated heterocycles. The van der Waals surface area contributed by atoms with Crippen LogP contribution in [0.15, 0.2) is 85.1 Å². The summed E-state index contributed by atoms with van der Waals surface area (Å²) in [7, 11) is 1.55. The van der Waals surface area contributed by atoms with Crippen molar-refractivity contribution in [3.63, 3.8) is 0 Å². The Morgan fingerprint density at radius 3 is 2.40 bits per heavy atom. The van der Waals surface area contributed by atoms with Crippen LogP contribution in [0.4, 0.5) is 5.69 Å². The molecule has 178 valence electrons. The number of hydrogen-bond acceptors (Lipinski definition) is 5. The summed E-state index contributed by atoms with van der Waals surface area (Å²) in [6.07, 6.45) is 1.66. The summed E-state index contributed by atoms with van der Waals surface area (Å²) in [5.41, 5.74) is 8.16. The van der Waals surface area contributed by atoms with Gasteiger partial charge in [-0.2, -0.15) is 5.10 Å². The lowest BCUT2D eigenvalue weighted by atomic mass is 10.1. The van der Waals surface area contributed by atoms with Gasteiger partial charge in [-0.15, -0.1) is 0 Å². The van der Waals surface area contributed by atoms with E-state index in [9.17, 15) is 9.59 Å². The summed E-state index contributed by atoms with van der Waals surface area (Å²) in [6.45, 7) is 0.432.